The first-order valence-electron chi connectivity index (χ1n) is 4.90. The zero-order valence-corrected chi connectivity index (χ0v) is 13.2. The van der Waals surface area contributed by atoms with Crippen molar-refractivity contribution in [1.82, 2.24) is 5.32 Å². The van der Waals surface area contributed by atoms with Gasteiger partial charge in [0, 0.05) is 23.9 Å². The average Bonchev–Trinajstić information content (AvgIpc) is 2.70. The number of amides is 1. The number of halogens is 2. The number of thiophene rings is 1. The van der Waals surface area contributed by atoms with Gasteiger partial charge in [-0.2, -0.15) is 0 Å². The minimum atomic E-state index is -0.000317. The Bertz CT molecular complexity index is 332. The van der Waals surface area contributed by atoms with Crippen LogP contribution in [-0.4, -0.2) is 31.0 Å². The first kappa shape index (κ1) is 14.4. The second-order valence-corrected chi connectivity index (χ2v) is 6.65. The van der Waals surface area contributed by atoms with Crippen LogP contribution in [0.2, 0.25) is 0 Å². The van der Waals surface area contributed by atoms with Gasteiger partial charge in [-0.25, -0.2) is 0 Å². The maximum atomic E-state index is 11.6. The highest BCUT2D eigenvalue weighted by atomic mass is 127. The molecule has 1 amide bonds. The Labute approximate surface area is 121 Å². The van der Waals surface area contributed by atoms with Crippen LogP contribution in [0.4, 0.5) is 0 Å². The van der Waals surface area contributed by atoms with Crippen molar-refractivity contribution in [3.8, 4) is 0 Å². The molecule has 0 aliphatic rings. The van der Waals surface area contributed by atoms with Crippen molar-refractivity contribution in [3.63, 3.8) is 0 Å². The summed E-state index contributed by atoms with van der Waals surface area (Å²) in [5, 5.41) is 5.59. The molecule has 3 nitrogen and oxygen atoms in total. The molecule has 16 heavy (non-hydrogen) atoms. The third-order valence-corrected chi connectivity index (χ3v) is 3.91. The Morgan fingerprint density at radius 1 is 1.56 bits per heavy atom. The van der Waals surface area contributed by atoms with Crippen LogP contribution in [0.5, 0.6) is 0 Å². The minimum absolute atomic E-state index is 0.000317. The van der Waals surface area contributed by atoms with Gasteiger partial charge in [0.1, 0.15) is 0 Å². The highest BCUT2D eigenvalue weighted by molar-refractivity contribution is 14.1. The molecule has 0 unspecified atom stereocenters. The maximum absolute atomic E-state index is 11.6. The average molecular weight is 418 g/mol. The van der Waals surface area contributed by atoms with E-state index in [1.165, 1.54) is 0 Å². The summed E-state index contributed by atoms with van der Waals surface area (Å²) in [4.78, 5) is 11.6. The molecule has 0 radical (unpaired) electrons. The number of hydrogen-bond acceptors (Lipinski definition) is 3. The summed E-state index contributed by atoms with van der Waals surface area (Å²) in [6, 6.07) is 1.89. The van der Waals surface area contributed by atoms with Crippen LogP contribution in [0.25, 0.3) is 0 Å². The SMILES string of the molecule is O=C(NCCCOCCBr)c1csc(I)c1. The van der Waals surface area contributed by atoms with Crippen LogP contribution in [0.1, 0.15) is 16.8 Å². The molecule has 0 aromatic carbocycles. The van der Waals surface area contributed by atoms with Crippen molar-refractivity contribution in [2.24, 2.45) is 0 Å². The van der Waals surface area contributed by atoms with Crippen LogP contribution in [0, 0.1) is 2.88 Å². The number of rotatable bonds is 7. The molecule has 0 saturated carbocycles. The van der Waals surface area contributed by atoms with Crippen LogP contribution in [-0.2, 0) is 4.74 Å². The highest BCUT2D eigenvalue weighted by Gasteiger charge is 2.06. The standard InChI is InChI=1S/C10H13BrINO2S/c11-2-5-15-4-1-3-13-10(14)8-6-9(12)16-7-8/h6-7H,1-5H2,(H,13,14). The van der Waals surface area contributed by atoms with Crippen molar-refractivity contribution in [1.29, 1.82) is 0 Å². The predicted octanol–water partition coefficient (Wildman–Crippen LogP) is 2.88. The normalized spacial score (nSPS) is 10.4. The molecule has 0 saturated heterocycles. The monoisotopic (exact) mass is 417 g/mol. The smallest absolute Gasteiger partial charge is 0.252 e. The van der Waals surface area contributed by atoms with Crippen LogP contribution in [0.15, 0.2) is 11.4 Å². The molecule has 1 N–H and O–H groups in total. The first-order valence-corrected chi connectivity index (χ1v) is 7.98. The summed E-state index contributed by atoms with van der Waals surface area (Å²) in [5.74, 6) is -0.000317. The second-order valence-electron chi connectivity index (χ2n) is 3.05. The van der Waals surface area contributed by atoms with Crippen molar-refractivity contribution in [3.05, 3.63) is 19.9 Å². The molecule has 1 rings (SSSR count). The van der Waals surface area contributed by atoms with E-state index in [4.69, 9.17) is 4.74 Å². The zero-order valence-electron chi connectivity index (χ0n) is 8.67. The van der Waals surface area contributed by atoms with E-state index < -0.39 is 0 Å². The summed E-state index contributed by atoms with van der Waals surface area (Å²) in [6.07, 6.45) is 0.847. The lowest BCUT2D eigenvalue weighted by molar-refractivity contribution is 0.0945. The van der Waals surface area contributed by atoms with E-state index in [2.05, 4.69) is 43.8 Å². The molecule has 1 aromatic heterocycles. The Morgan fingerprint density at radius 3 is 3.00 bits per heavy atom. The molecule has 1 aromatic rings. The molecule has 0 atom stereocenters. The molecular weight excluding hydrogens is 405 g/mol. The van der Waals surface area contributed by atoms with Crippen molar-refractivity contribution < 1.29 is 9.53 Å². The van der Waals surface area contributed by atoms with Crippen molar-refractivity contribution >= 4 is 55.8 Å². The van der Waals surface area contributed by atoms with Gasteiger partial charge in [0.25, 0.3) is 5.91 Å². The van der Waals surface area contributed by atoms with Crippen molar-refractivity contribution in [2.75, 3.05) is 25.1 Å². The molecule has 90 valence electrons. The lowest BCUT2D eigenvalue weighted by atomic mass is 10.3. The van der Waals surface area contributed by atoms with E-state index in [-0.39, 0.29) is 5.91 Å². The molecule has 1 heterocycles. The van der Waals surface area contributed by atoms with Crippen LogP contribution in [0.3, 0.4) is 0 Å². The molecule has 0 bridgehead atoms. The number of nitrogens with one attached hydrogen (secondary N) is 1. The molecule has 0 spiro atoms. The molecule has 0 aliphatic heterocycles. The fraction of sp³-hybridized carbons (Fsp3) is 0.500. The maximum Gasteiger partial charge on any atom is 0.252 e. The van der Waals surface area contributed by atoms with E-state index in [0.717, 1.165) is 26.8 Å². The van der Waals surface area contributed by atoms with E-state index in [1.807, 2.05) is 11.4 Å². The number of hydrogen-bond donors (Lipinski definition) is 1. The van der Waals surface area contributed by atoms with E-state index >= 15 is 0 Å². The number of carbonyl (C=O) groups excluding carboxylic acids is 1. The van der Waals surface area contributed by atoms with Crippen molar-refractivity contribution in [2.45, 2.75) is 6.42 Å². The number of ether oxygens (including phenoxy) is 1. The highest BCUT2D eigenvalue weighted by Crippen LogP contribution is 2.16. The summed E-state index contributed by atoms with van der Waals surface area (Å²) in [6.45, 7) is 2.07. The van der Waals surface area contributed by atoms with Gasteiger partial charge in [0.2, 0.25) is 0 Å². The number of carbonyl (C=O) groups is 1. The van der Waals surface area contributed by atoms with Gasteiger partial charge < -0.3 is 10.1 Å². The second kappa shape index (κ2) is 8.43. The van der Waals surface area contributed by atoms with E-state index in [1.54, 1.807) is 11.3 Å². The van der Waals surface area contributed by atoms with Gasteiger partial charge in [-0.05, 0) is 35.1 Å². The predicted molar refractivity (Wildman–Crippen MR) is 78.6 cm³/mol. The number of alkyl halides is 1. The van der Waals surface area contributed by atoms with Gasteiger partial charge in [-0.15, -0.1) is 11.3 Å². The topological polar surface area (TPSA) is 38.3 Å². The van der Waals surface area contributed by atoms with Crippen LogP contribution < -0.4 is 5.32 Å². The lowest BCUT2D eigenvalue weighted by Gasteiger charge is -2.04. The van der Waals surface area contributed by atoms with Gasteiger partial charge >= 0.3 is 0 Å². The Morgan fingerprint density at radius 2 is 2.38 bits per heavy atom. The minimum Gasteiger partial charge on any atom is -0.381 e. The van der Waals surface area contributed by atoms with Gasteiger partial charge in [-0.3, -0.25) is 4.79 Å². The third kappa shape index (κ3) is 5.60. The summed E-state index contributed by atoms with van der Waals surface area (Å²) >= 11 is 7.07. The fourth-order valence-corrected chi connectivity index (χ4v) is 2.62. The quantitative estimate of drug-likeness (QED) is 0.421. The third-order valence-electron chi connectivity index (χ3n) is 1.80. The van der Waals surface area contributed by atoms with Crippen LogP contribution >= 0.6 is 49.9 Å². The molecular formula is C10H13BrINO2S. The van der Waals surface area contributed by atoms with Gasteiger partial charge in [0.15, 0.2) is 0 Å². The fourth-order valence-electron chi connectivity index (χ4n) is 1.06. The largest absolute Gasteiger partial charge is 0.381 e. The molecule has 0 aliphatic carbocycles. The summed E-state index contributed by atoms with van der Waals surface area (Å²) < 4.78 is 6.41. The zero-order chi connectivity index (χ0) is 11.8. The summed E-state index contributed by atoms with van der Waals surface area (Å²) in [7, 11) is 0. The Balaban J connectivity index is 2.11. The Hall–Kier alpha value is 0.340. The Kier molecular flexibility index (Phi) is 7.59. The van der Waals surface area contributed by atoms with E-state index in [0.29, 0.717) is 13.2 Å². The lowest BCUT2D eigenvalue weighted by Crippen LogP contribution is -2.24. The van der Waals surface area contributed by atoms with Gasteiger partial charge in [-0.1, -0.05) is 15.9 Å². The molecule has 6 heteroatoms. The summed E-state index contributed by atoms with van der Waals surface area (Å²) in [5.41, 5.74) is 0.746. The first-order chi connectivity index (χ1) is 7.74. The molecule has 0 fully saturated rings. The van der Waals surface area contributed by atoms with Gasteiger partial charge in [0.05, 0.1) is 15.1 Å². The van der Waals surface area contributed by atoms with E-state index in [9.17, 15) is 4.79 Å².